The molecule has 2 fully saturated rings. The van der Waals surface area contributed by atoms with Gasteiger partial charge in [-0.1, -0.05) is 48.5 Å². The number of H-pyrrole nitrogens is 2. The van der Waals surface area contributed by atoms with E-state index in [1.165, 1.54) is 0 Å². The Bertz CT molecular complexity index is 1560. The third-order valence-corrected chi connectivity index (χ3v) is 8.05. The van der Waals surface area contributed by atoms with E-state index in [-0.39, 0.29) is 24.3 Å². The molecule has 2 aliphatic heterocycles. The molecule has 0 aliphatic carbocycles. The lowest BCUT2D eigenvalue weighted by molar-refractivity contribution is 0.0208. The summed E-state index contributed by atoms with van der Waals surface area (Å²) in [4.78, 5) is 35.6. The van der Waals surface area contributed by atoms with E-state index in [0.29, 0.717) is 36.4 Å². The largest absolute Gasteiger partial charge is 0.444 e. The van der Waals surface area contributed by atoms with E-state index in [4.69, 9.17) is 9.47 Å². The van der Waals surface area contributed by atoms with Gasteiger partial charge in [0.1, 0.15) is 11.2 Å². The molecule has 2 aromatic heterocycles. The van der Waals surface area contributed by atoms with Gasteiger partial charge in [-0.15, -0.1) is 20.4 Å². The van der Waals surface area contributed by atoms with Crippen LogP contribution in [0.4, 0.5) is 9.59 Å². The van der Waals surface area contributed by atoms with E-state index in [1.54, 1.807) is 9.80 Å². The van der Waals surface area contributed by atoms with Crippen LogP contribution in [0.25, 0.3) is 33.9 Å². The zero-order valence-corrected chi connectivity index (χ0v) is 27.3. The quantitative estimate of drug-likeness (QED) is 0.240. The Morgan fingerprint density at radius 3 is 1.30 bits per heavy atom. The van der Waals surface area contributed by atoms with Crippen molar-refractivity contribution in [3.63, 3.8) is 0 Å². The highest BCUT2D eigenvalue weighted by Gasteiger charge is 2.36. The first-order chi connectivity index (χ1) is 21.8. The summed E-state index contributed by atoms with van der Waals surface area (Å²) in [7, 11) is 0. The minimum absolute atomic E-state index is 0.184. The van der Waals surface area contributed by atoms with E-state index in [1.807, 2.05) is 90.1 Å². The van der Waals surface area contributed by atoms with Crippen LogP contribution in [0.2, 0.25) is 0 Å². The first-order valence-electron chi connectivity index (χ1n) is 15.9. The summed E-state index contributed by atoms with van der Waals surface area (Å²) in [5.41, 5.74) is 2.81. The molecule has 0 unspecified atom stereocenters. The van der Waals surface area contributed by atoms with Gasteiger partial charge in [-0.05, 0) is 78.4 Å². The molecule has 0 saturated carbocycles. The maximum Gasteiger partial charge on any atom is 0.410 e. The average Bonchev–Trinajstić information content (AvgIpc) is 3.82. The molecule has 0 bridgehead atoms. The third-order valence-electron chi connectivity index (χ3n) is 8.05. The summed E-state index contributed by atoms with van der Waals surface area (Å²) in [6.07, 6.45) is 2.74. The fourth-order valence-electron chi connectivity index (χ4n) is 5.93. The summed E-state index contributed by atoms with van der Waals surface area (Å²) in [6, 6.07) is 15.9. The highest BCUT2D eigenvalue weighted by atomic mass is 16.6. The van der Waals surface area contributed by atoms with E-state index < -0.39 is 11.2 Å². The normalized spacial score (nSPS) is 18.7. The van der Waals surface area contributed by atoms with Crippen molar-refractivity contribution in [1.82, 2.24) is 40.2 Å². The predicted molar refractivity (Wildman–Crippen MR) is 172 cm³/mol. The number of carbonyl (C=O) groups is 2. The number of ether oxygens (including phenoxy) is 2. The van der Waals surface area contributed by atoms with Gasteiger partial charge in [0.2, 0.25) is 0 Å². The fourth-order valence-corrected chi connectivity index (χ4v) is 5.93. The first kappa shape index (κ1) is 31.3. The van der Waals surface area contributed by atoms with E-state index >= 15 is 0 Å². The van der Waals surface area contributed by atoms with Crippen LogP contribution in [-0.4, -0.2) is 76.6 Å². The van der Waals surface area contributed by atoms with Gasteiger partial charge in [0, 0.05) is 24.2 Å². The van der Waals surface area contributed by atoms with Gasteiger partial charge in [-0.2, -0.15) is 0 Å². The van der Waals surface area contributed by atoms with Crippen LogP contribution in [-0.2, 0) is 9.47 Å². The zero-order chi connectivity index (χ0) is 32.6. The Balaban J connectivity index is 1.11. The number of nitrogens with one attached hydrogen (secondary N) is 2. The van der Waals surface area contributed by atoms with Crippen LogP contribution in [0.5, 0.6) is 0 Å². The lowest BCUT2D eigenvalue weighted by atomic mass is 10.0. The van der Waals surface area contributed by atoms with E-state index in [2.05, 4.69) is 30.4 Å². The number of benzene rings is 2. The van der Waals surface area contributed by atoms with Crippen LogP contribution < -0.4 is 0 Å². The minimum atomic E-state index is -0.555. The molecule has 0 spiro atoms. The highest BCUT2D eigenvalue weighted by Crippen LogP contribution is 2.34. The van der Waals surface area contributed by atoms with Crippen LogP contribution >= 0.6 is 0 Å². The number of amides is 2. The molecule has 242 valence electrons. The van der Waals surface area contributed by atoms with Crippen molar-refractivity contribution in [1.29, 1.82) is 0 Å². The monoisotopic (exact) mass is 626 g/mol. The number of aromatic amines is 2. The molecular weight excluding hydrogens is 584 g/mol. The molecule has 2 atom stereocenters. The highest BCUT2D eigenvalue weighted by molar-refractivity contribution is 5.71. The molecular formula is C34H42N8O4. The number of hydrogen-bond acceptors (Lipinski definition) is 8. The van der Waals surface area contributed by atoms with Gasteiger partial charge in [0.15, 0.2) is 23.3 Å². The number of nitrogens with zero attached hydrogens (tertiary/aromatic N) is 6. The van der Waals surface area contributed by atoms with Gasteiger partial charge in [-0.25, -0.2) is 9.59 Å². The topological polar surface area (TPSA) is 142 Å². The van der Waals surface area contributed by atoms with Crippen molar-refractivity contribution in [3.8, 4) is 33.9 Å². The molecule has 2 amide bonds. The van der Waals surface area contributed by atoms with E-state index in [0.717, 1.165) is 47.9 Å². The first-order valence-corrected chi connectivity index (χ1v) is 15.9. The Kier molecular flexibility index (Phi) is 8.30. The summed E-state index contributed by atoms with van der Waals surface area (Å²) in [5.74, 6) is 2.64. The second-order valence-electron chi connectivity index (χ2n) is 13.9. The van der Waals surface area contributed by atoms with Crippen molar-refractivity contribution in [2.75, 3.05) is 13.1 Å². The summed E-state index contributed by atoms with van der Waals surface area (Å²) >= 11 is 0. The Morgan fingerprint density at radius 2 is 0.957 bits per heavy atom. The number of likely N-dealkylation sites (tertiary alicyclic amines) is 2. The van der Waals surface area contributed by atoms with E-state index in [9.17, 15) is 9.59 Å². The van der Waals surface area contributed by atoms with Crippen LogP contribution in [0.1, 0.15) is 91.0 Å². The summed E-state index contributed by atoms with van der Waals surface area (Å²) in [6.45, 7) is 12.5. The SMILES string of the molecule is CC(C)(C)OC(=O)N1CCC[C@@H]1c1nnc(-c2ccc(-c3ccc(-c4nnc([C@@H]5CCCN5C(=O)OC(C)(C)C)[nH]4)cc3)cc2)[nH]1. The summed E-state index contributed by atoms with van der Waals surface area (Å²) in [5, 5.41) is 17.5. The van der Waals surface area contributed by atoms with Gasteiger partial charge in [0.25, 0.3) is 0 Å². The smallest absolute Gasteiger partial charge is 0.410 e. The number of rotatable bonds is 5. The molecule has 12 heteroatoms. The number of aromatic nitrogens is 6. The maximum atomic E-state index is 12.7. The van der Waals surface area contributed by atoms with Crippen LogP contribution in [0.3, 0.4) is 0 Å². The Labute approximate surface area is 268 Å². The van der Waals surface area contributed by atoms with Gasteiger partial charge >= 0.3 is 12.2 Å². The standard InChI is InChI=1S/C34H42N8O4/c1-33(2,3)45-31(43)41-19-7-9-25(41)29-35-27(37-39-29)23-15-11-21(12-16-23)22-13-17-24(18-14-22)28-36-30(40-38-28)26-10-8-20-42(26)32(44)46-34(4,5)6/h11-18,25-26H,7-10,19-20H2,1-6H3,(H,35,37,39)(H,36,38,40)/t25-,26+. The maximum absolute atomic E-state index is 12.7. The molecule has 4 aromatic rings. The second kappa shape index (κ2) is 12.2. The molecule has 4 heterocycles. The lowest BCUT2D eigenvalue weighted by Gasteiger charge is -2.27. The Hall–Kier alpha value is -4.74. The number of carbonyl (C=O) groups excluding carboxylic acids is 2. The molecule has 2 saturated heterocycles. The summed E-state index contributed by atoms with van der Waals surface area (Å²) < 4.78 is 11.2. The molecule has 6 rings (SSSR count). The lowest BCUT2D eigenvalue weighted by Crippen LogP contribution is -2.36. The average molecular weight is 627 g/mol. The fraction of sp³-hybridized carbons (Fsp3) is 0.471. The Morgan fingerprint density at radius 1 is 0.609 bits per heavy atom. The van der Waals surface area contributed by atoms with Gasteiger partial charge < -0.3 is 19.4 Å². The minimum Gasteiger partial charge on any atom is -0.444 e. The van der Waals surface area contributed by atoms with Crippen molar-refractivity contribution < 1.29 is 19.1 Å². The predicted octanol–water partition coefficient (Wildman–Crippen LogP) is 7.07. The van der Waals surface area contributed by atoms with Gasteiger partial charge in [-0.3, -0.25) is 9.80 Å². The molecule has 2 aromatic carbocycles. The van der Waals surface area contributed by atoms with Crippen molar-refractivity contribution in [2.24, 2.45) is 0 Å². The molecule has 2 aliphatic rings. The molecule has 12 nitrogen and oxygen atoms in total. The molecule has 46 heavy (non-hydrogen) atoms. The van der Waals surface area contributed by atoms with Crippen molar-refractivity contribution in [3.05, 3.63) is 60.2 Å². The third kappa shape index (κ3) is 6.90. The van der Waals surface area contributed by atoms with Crippen LogP contribution in [0, 0.1) is 0 Å². The zero-order valence-electron chi connectivity index (χ0n) is 27.3. The van der Waals surface area contributed by atoms with Crippen molar-refractivity contribution >= 4 is 12.2 Å². The number of hydrogen-bond donors (Lipinski definition) is 2. The van der Waals surface area contributed by atoms with Crippen LogP contribution in [0.15, 0.2) is 48.5 Å². The second-order valence-corrected chi connectivity index (χ2v) is 13.9. The van der Waals surface area contributed by atoms with Crippen molar-refractivity contribution in [2.45, 2.75) is 90.5 Å². The van der Waals surface area contributed by atoms with Gasteiger partial charge in [0.05, 0.1) is 12.1 Å². The molecule has 0 radical (unpaired) electrons. The molecule has 2 N–H and O–H groups in total.